The van der Waals surface area contributed by atoms with Crippen LogP contribution in [-0.2, 0) is 22.5 Å². The van der Waals surface area contributed by atoms with Gasteiger partial charge in [-0.3, -0.25) is 9.48 Å². The van der Waals surface area contributed by atoms with Gasteiger partial charge in [0.15, 0.2) is 0 Å². The van der Waals surface area contributed by atoms with E-state index in [9.17, 15) is 4.79 Å². The second-order valence-corrected chi connectivity index (χ2v) is 3.27. The molecule has 1 aromatic heterocycles. The normalized spacial score (nSPS) is 12.5. The molecule has 0 fully saturated rings. The van der Waals surface area contributed by atoms with Crippen molar-refractivity contribution >= 4 is 5.97 Å². The van der Waals surface area contributed by atoms with E-state index in [0.29, 0.717) is 13.0 Å². The van der Waals surface area contributed by atoms with Crippen LogP contribution in [0.1, 0.15) is 19.4 Å². The predicted molar refractivity (Wildman–Crippen MR) is 56.2 cm³/mol. The second kappa shape index (κ2) is 5.50. The third-order valence-electron chi connectivity index (χ3n) is 2.06. The molecule has 5 nitrogen and oxygen atoms in total. The van der Waals surface area contributed by atoms with Crippen LogP contribution in [0.4, 0.5) is 0 Å². The fraction of sp³-hybridized carbons (Fsp3) is 0.600. The Morgan fingerprint density at radius 2 is 2.40 bits per heavy atom. The van der Waals surface area contributed by atoms with E-state index in [1.165, 1.54) is 0 Å². The molecular weight excluding hydrogens is 194 g/mol. The fourth-order valence-corrected chi connectivity index (χ4v) is 1.27. The lowest BCUT2D eigenvalue weighted by molar-refractivity contribution is -0.144. The third kappa shape index (κ3) is 3.36. The van der Waals surface area contributed by atoms with Crippen molar-refractivity contribution in [3.05, 3.63) is 18.0 Å². The second-order valence-electron chi connectivity index (χ2n) is 3.27. The highest BCUT2D eigenvalue weighted by Gasteiger charge is 2.15. The van der Waals surface area contributed by atoms with E-state index >= 15 is 0 Å². The van der Waals surface area contributed by atoms with Gasteiger partial charge in [0.25, 0.3) is 0 Å². The number of hydrogen-bond donors (Lipinski definition) is 1. The maximum atomic E-state index is 11.2. The van der Waals surface area contributed by atoms with Crippen molar-refractivity contribution in [2.24, 2.45) is 5.73 Å². The molecule has 0 aliphatic heterocycles. The molecule has 84 valence electrons. The van der Waals surface area contributed by atoms with Crippen LogP contribution >= 0.6 is 0 Å². The monoisotopic (exact) mass is 211 g/mol. The Kier molecular flexibility index (Phi) is 4.30. The van der Waals surface area contributed by atoms with E-state index in [-0.39, 0.29) is 5.97 Å². The number of esters is 1. The number of rotatable bonds is 5. The Bertz CT molecular complexity index is 322. The maximum absolute atomic E-state index is 11.2. The molecule has 0 aliphatic rings. The summed E-state index contributed by atoms with van der Waals surface area (Å²) in [6, 6.07) is -0.598. The van der Waals surface area contributed by atoms with Gasteiger partial charge in [0.05, 0.1) is 12.8 Å². The average Bonchev–Trinajstić information content (AvgIpc) is 2.66. The summed E-state index contributed by atoms with van der Waals surface area (Å²) in [5.41, 5.74) is 6.63. The van der Waals surface area contributed by atoms with Crippen molar-refractivity contribution in [2.75, 3.05) is 6.61 Å². The van der Waals surface area contributed by atoms with Crippen molar-refractivity contribution in [2.45, 2.75) is 32.9 Å². The topological polar surface area (TPSA) is 70.1 Å². The van der Waals surface area contributed by atoms with Crippen LogP contribution in [0.15, 0.2) is 12.4 Å². The Labute approximate surface area is 89.2 Å². The van der Waals surface area contributed by atoms with E-state index in [0.717, 1.165) is 12.1 Å². The molecular formula is C10H17N3O2. The first kappa shape index (κ1) is 11.7. The van der Waals surface area contributed by atoms with Gasteiger partial charge in [-0.1, -0.05) is 0 Å². The molecule has 1 unspecified atom stereocenters. The van der Waals surface area contributed by atoms with Gasteiger partial charge in [-0.2, -0.15) is 5.10 Å². The van der Waals surface area contributed by atoms with Gasteiger partial charge in [0.2, 0.25) is 0 Å². The van der Waals surface area contributed by atoms with Crippen LogP contribution in [0, 0.1) is 0 Å². The van der Waals surface area contributed by atoms with Gasteiger partial charge in [-0.05, 0) is 19.4 Å². The lowest BCUT2D eigenvalue weighted by Gasteiger charge is -2.08. The van der Waals surface area contributed by atoms with Crippen LogP contribution in [0.3, 0.4) is 0 Å². The summed E-state index contributed by atoms with van der Waals surface area (Å²) >= 11 is 0. The van der Waals surface area contributed by atoms with Crippen molar-refractivity contribution < 1.29 is 9.53 Å². The first-order chi connectivity index (χ1) is 7.17. The average molecular weight is 211 g/mol. The number of hydrogen-bond acceptors (Lipinski definition) is 4. The summed E-state index contributed by atoms with van der Waals surface area (Å²) in [6.07, 6.45) is 4.08. The van der Waals surface area contributed by atoms with Crippen LogP contribution < -0.4 is 5.73 Å². The summed E-state index contributed by atoms with van der Waals surface area (Å²) in [5.74, 6) is -0.359. The highest BCUT2D eigenvalue weighted by molar-refractivity contribution is 5.75. The van der Waals surface area contributed by atoms with Crippen LogP contribution in [0.5, 0.6) is 0 Å². The van der Waals surface area contributed by atoms with Gasteiger partial charge in [0.1, 0.15) is 6.04 Å². The van der Waals surface area contributed by atoms with E-state index in [2.05, 4.69) is 5.10 Å². The Hall–Kier alpha value is -1.36. The van der Waals surface area contributed by atoms with E-state index in [1.807, 2.05) is 13.1 Å². The first-order valence-electron chi connectivity index (χ1n) is 5.10. The lowest BCUT2D eigenvalue weighted by Crippen LogP contribution is -2.34. The van der Waals surface area contributed by atoms with Crippen LogP contribution in [-0.4, -0.2) is 28.4 Å². The number of aryl methyl sites for hydroxylation is 1. The smallest absolute Gasteiger partial charge is 0.323 e. The minimum Gasteiger partial charge on any atom is -0.465 e. The van der Waals surface area contributed by atoms with Crippen LogP contribution in [0.25, 0.3) is 0 Å². The standard InChI is InChI=1S/C10H17N3O2/c1-3-13-7-8(6-12-13)5-9(11)10(14)15-4-2/h6-7,9H,3-5,11H2,1-2H3. The molecule has 2 N–H and O–H groups in total. The Morgan fingerprint density at radius 3 is 2.93 bits per heavy atom. The zero-order valence-electron chi connectivity index (χ0n) is 9.14. The van der Waals surface area contributed by atoms with Crippen LogP contribution in [0.2, 0.25) is 0 Å². The molecule has 0 bridgehead atoms. The summed E-state index contributed by atoms with van der Waals surface area (Å²) in [5, 5.41) is 4.10. The van der Waals surface area contributed by atoms with E-state index < -0.39 is 6.04 Å². The van der Waals surface area contributed by atoms with E-state index in [1.54, 1.807) is 17.8 Å². The molecule has 0 radical (unpaired) electrons. The number of nitrogens with zero attached hydrogens (tertiary/aromatic N) is 2. The molecule has 0 amide bonds. The van der Waals surface area contributed by atoms with Gasteiger partial charge in [-0.25, -0.2) is 0 Å². The number of carbonyl (C=O) groups is 1. The largest absolute Gasteiger partial charge is 0.465 e. The zero-order valence-corrected chi connectivity index (χ0v) is 9.14. The highest BCUT2D eigenvalue weighted by Crippen LogP contribution is 2.02. The van der Waals surface area contributed by atoms with Crippen molar-refractivity contribution in [1.29, 1.82) is 0 Å². The lowest BCUT2D eigenvalue weighted by atomic mass is 10.1. The Balaban J connectivity index is 2.50. The van der Waals surface area contributed by atoms with Gasteiger partial charge >= 0.3 is 5.97 Å². The Morgan fingerprint density at radius 1 is 1.67 bits per heavy atom. The van der Waals surface area contributed by atoms with Gasteiger partial charge < -0.3 is 10.5 Å². The molecule has 15 heavy (non-hydrogen) atoms. The molecule has 1 heterocycles. The fourth-order valence-electron chi connectivity index (χ4n) is 1.27. The van der Waals surface area contributed by atoms with Crippen molar-refractivity contribution in [1.82, 2.24) is 9.78 Å². The summed E-state index contributed by atoms with van der Waals surface area (Å²) < 4.78 is 6.62. The predicted octanol–water partition coefficient (Wildman–Crippen LogP) is 0.336. The minimum absolute atomic E-state index is 0.359. The summed E-state index contributed by atoms with van der Waals surface area (Å²) in [4.78, 5) is 11.2. The first-order valence-corrected chi connectivity index (χ1v) is 5.10. The number of aromatic nitrogens is 2. The van der Waals surface area contributed by atoms with E-state index in [4.69, 9.17) is 10.5 Å². The number of carbonyl (C=O) groups excluding carboxylic acids is 1. The minimum atomic E-state index is -0.598. The molecule has 1 rings (SSSR count). The number of nitrogens with two attached hydrogens (primary N) is 1. The van der Waals surface area contributed by atoms with Gasteiger partial charge in [-0.15, -0.1) is 0 Å². The van der Waals surface area contributed by atoms with Gasteiger partial charge in [0, 0.05) is 19.2 Å². The molecule has 0 spiro atoms. The molecule has 1 atom stereocenters. The molecule has 0 aromatic carbocycles. The molecule has 0 aliphatic carbocycles. The van der Waals surface area contributed by atoms with Crippen molar-refractivity contribution in [3.8, 4) is 0 Å². The number of ether oxygens (including phenoxy) is 1. The highest BCUT2D eigenvalue weighted by atomic mass is 16.5. The van der Waals surface area contributed by atoms with Crippen molar-refractivity contribution in [3.63, 3.8) is 0 Å². The SMILES string of the molecule is CCOC(=O)C(N)Cc1cnn(CC)c1. The molecule has 0 saturated heterocycles. The zero-order chi connectivity index (χ0) is 11.3. The third-order valence-corrected chi connectivity index (χ3v) is 2.06. The molecule has 0 saturated carbocycles. The summed E-state index contributed by atoms with van der Waals surface area (Å²) in [7, 11) is 0. The summed E-state index contributed by atoms with van der Waals surface area (Å²) in [6.45, 7) is 4.94. The molecule has 1 aromatic rings. The quantitative estimate of drug-likeness (QED) is 0.713. The molecule has 5 heteroatoms. The maximum Gasteiger partial charge on any atom is 0.323 e.